The van der Waals surface area contributed by atoms with E-state index in [9.17, 15) is 4.79 Å². The standard InChI is InChI=1S/C17H34N4O/c1-6-18-15(22)17(4,5)12-20-16(19-7-2)21-14-10-8-13(3)9-11-14/h13-14H,6-12H2,1-5H3,(H,18,22)(H2,19,20,21). The molecule has 5 heteroatoms. The van der Waals surface area contributed by atoms with Crippen LogP contribution in [-0.2, 0) is 4.79 Å². The Morgan fingerprint density at radius 1 is 1.09 bits per heavy atom. The summed E-state index contributed by atoms with van der Waals surface area (Å²) >= 11 is 0. The van der Waals surface area contributed by atoms with E-state index < -0.39 is 5.41 Å². The average molecular weight is 310 g/mol. The van der Waals surface area contributed by atoms with Crippen LogP contribution in [0.2, 0.25) is 0 Å². The van der Waals surface area contributed by atoms with Gasteiger partial charge in [0, 0.05) is 19.1 Å². The van der Waals surface area contributed by atoms with Gasteiger partial charge in [0.05, 0.1) is 12.0 Å². The first kappa shape index (κ1) is 18.8. The lowest BCUT2D eigenvalue weighted by Gasteiger charge is -2.29. The molecular formula is C17H34N4O. The molecule has 22 heavy (non-hydrogen) atoms. The van der Waals surface area contributed by atoms with Crippen LogP contribution in [0.5, 0.6) is 0 Å². The van der Waals surface area contributed by atoms with E-state index in [4.69, 9.17) is 0 Å². The highest BCUT2D eigenvalue weighted by Gasteiger charge is 2.27. The molecule has 5 nitrogen and oxygen atoms in total. The molecule has 3 N–H and O–H groups in total. The average Bonchev–Trinajstić information content (AvgIpc) is 2.47. The monoisotopic (exact) mass is 310 g/mol. The van der Waals surface area contributed by atoms with Gasteiger partial charge in [0.2, 0.25) is 5.91 Å². The van der Waals surface area contributed by atoms with Gasteiger partial charge in [-0.05, 0) is 59.3 Å². The van der Waals surface area contributed by atoms with Crippen molar-refractivity contribution in [2.75, 3.05) is 19.6 Å². The minimum absolute atomic E-state index is 0.0566. The molecule has 1 saturated carbocycles. The number of guanidine groups is 1. The Balaban J connectivity index is 2.59. The molecule has 0 unspecified atom stereocenters. The molecule has 0 aromatic heterocycles. The van der Waals surface area contributed by atoms with Crippen LogP contribution < -0.4 is 16.0 Å². The molecule has 1 amide bonds. The molecule has 1 aliphatic carbocycles. The second-order valence-corrected chi connectivity index (χ2v) is 7.04. The summed E-state index contributed by atoms with van der Waals surface area (Å²) in [4.78, 5) is 16.7. The van der Waals surface area contributed by atoms with Gasteiger partial charge < -0.3 is 16.0 Å². The molecule has 1 fully saturated rings. The Bertz CT molecular complexity index is 371. The van der Waals surface area contributed by atoms with E-state index in [-0.39, 0.29) is 5.91 Å². The van der Waals surface area contributed by atoms with Gasteiger partial charge in [-0.2, -0.15) is 0 Å². The topological polar surface area (TPSA) is 65.5 Å². The molecule has 0 saturated heterocycles. The molecule has 1 rings (SSSR count). The summed E-state index contributed by atoms with van der Waals surface area (Å²) in [5.74, 6) is 1.73. The first-order valence-electron chi connectivity index (χ1n) is 8.72. The van der Waals surface area contributed by atoms with E-state index >= 15 is 0 Å². The van der Waals surface area contributed by atoms with E-state index in [1.165, 1.54) is 25.7 Å². The molecule has 0 atom stereocenters. The number of aliphatic imine (C=N–C) groups is 1. The quantitative estimate of drug-likeness (QED) is 0.521. The zero-order chi connectivity index (χ0) is 16.6. The van der Waals surface area contributed by atoms with Crippen molar-refractivity contribution in [2.45, 2.75) is 66.3 Å². The minimum Gasteiger partial charge on any atom is -0.357 e. The summed E-state index contributed by atoms with van der Waals surface area (Å²) < 4.78 is 0. The maximum atomic E-state index is 12.0. The van der Waals surface area contributed by atoms with E-state index in [2.05, 4.69) is 34.8 Å². The van der Waals surface area contributed by atoms with Gasteiger partial charge in [0.1, 0.15) is 0 Å². The normalized spacial score (nSPS) is 23.0. The molecule has 1 aliphatic rings. The van der Waals surface area contributed by atoms with Crippen molar-refractivity contribution in [3.63, 3.8) is 0 Å². The number of nitrogens with zero attached hydrogens (tertiary/aromatic N) is 1. The van der Waals surface area contributed by atoms with Crippen LogP contribution in [0, 0.1) is 11.3 Å². The van der Waals surface area contributed by atoms with Crippen LogP contribution in [0.15, 0.2) is 4.99 Å². The van der Waals surface area contributed by atoms with Crippen molar-refractivity contribution in [1.29, 1.82) is 0 Å². The van der Waals surface area contributed by atoms with Crippen LogP contribution in [0.1, 0.15) is 60.3 Å². The number of carbonyl (C=O) groups excluding carboxylic acids is 1. The summed E-state index contributed by atoms with van der Waals surface area (Å²) in [6.07, 6.45) is 4.96. The highest BCUT2D eigenvalue weighted by atomic mass is 16.2. The van der Waals surface area contributed by atoms with Crippen molar-refractivity contribution in [3.05, 3.63) is 0 Å². The highest BCUT2D eigenvalue weighted by Crippen LogP contribution is 2.23. The molecule has 128 valence electrons. The van der Waals surface area contributed by atoms with Crippen LogP contribution in [0.4, 0.5) is 0 Å². The second kappa shape index (κ2) is 9.01. The Hall–Kier alpha value is -1.26. The lowest BCUT2D eigenvalue weighted by molar-refractivity contribution is -0.128. The van der Waals surface area contributed by atoms with Gasteiger partial charge in [-0.15, -0.1) is 0 Å². The largest absolute Gasteiger partial charge is 0.357 e. The molecule has 0 spiro atoms. The molecule has 0 bridgehead atoms. The van der Waals surface area contributed by atoms with Crippen molar-refractivity contribution in [3.8, 4) is 0 Å². The van der Waals surface area contributed by atoms with Crippen LogP contribution in [0.3, 0.4) is 0 Å². The smallest absolute Gasteiger partial charge is 0.227 e. The lowest BCUT2D eigenvalue weighted by Crippen LogP contribution is -2.46. The fourth-order valence-corrected chi connectivity index (χ4v) is 2.67. The molecular weight excluding hydrogens is 276 g/mol. The van der Waals surface area contributed by atoms with Crippen molar-refractivity contribution < 1.29 is 4.79 Å². The van der Waals surface area contributed by atoms with E-state index in [1.54, 1.807) is 0 Å². The van der Waals surface area contributed by atoms with Crippen LogP contribution in [0.25, 0.3) is 0 Å². The number of hydrogen-bond acceptors (Lipinski definition) is 2. The first-order valence-corrected chi connectivity index (χ1v) is 8.72. The number of carbonyl (C=O) groups is 1. The third-order valence-corrected chi connectivity index (χ3v) is 4.29. The van der Waals surface area contributed by atoms with Crippen molar-refractivity contribution in [1.82, 2.24) is 16.0 Å². The summed E-state index contributed by atoms with van der Waals surface area (Å²) in [6, 6.07) is 0.501. The maximum Gasteiger partial charge on any atom is 0.227 e. The van der Waals surface area contributed by atoms with Crippen molar-refractivity contribution >= 4 is 11.9 Å². The number of amides is 1. The Labute approximate surface area is 135 Å². The molecule has 0 aromatic carbocycles. The zero-order valence-corrected chi connectivity index (χ0v) is 15.0. The summed E-state index contributed by atoms with van der Waals surface area (Å²) in [6.45, 7) is 12.2. The summed E-state index contributed by atoms with van der Waals surface area (Å²) in [5, 5.41) is 9.70. The third-order valence-electron chi connectivity index (χ3n) is 4.29. The fourth-order valence-electron chi connectivity index (χ4n) is 2.67. The van der Waals surface area contributed by atoms with Crippen molar-refractivity contribution in [2.24, 2.45) is 16.3 Å². The fraction of sp³-hybridized carbons (Fsp3) is 0.882. The Morgan fingerprint density at radius 2 is 1.68 bits per heavy atom. The number of rotatable bonds is 6. The number of nitrogens with one attached hydrogen (secondary N) is 3. The Morgan fingerprint density at radius 3 is 2.23 bits per heavy atom. The molecule has 0 aliphatic heterocycles. The minimum atomic E-state index is -0.487. The lowest BCUT2D eigenvalue weighted by atomic mass is 9.87. The van der Waals surface area contributed by atoms with Gasteiger partial charge in [0.15, 0.2) is 5.96 Å². The highest BCUT2D eigenvalue weighted by molar-refractivity contribution is 5.83. The first-order chi connectivity index (χ1) is 10.4. The molecule has 0 aromatic rings. The van der Waals surface area contributed by atoms with E-state index in [1.807, 2.05) is 20.8 Å². The van der Waals surface area contributed by atoms with Gasteiger partial charge in [-0.3, -0.25) is 9.79 Å². The SMILES string of the molecule is CCNC(=O)C(C)(C)CN=C(NCC)NC1CCC(C)CC1. The third kappa shape index (κ3) is 6.24. The van der Waals surface area contributed by atoms with Gasteiger partial charge in [-0.1, -0.05) is 6.92 Å². The van der Waals surface area contributed by atoms with Gasteiger partial charge in [-0.25, -0.2) is 0 Å². The van der Waals surface area contributed by atoms with Crippen LogP contribution in [-0.4, -0.2) is 37.5 Å². The van der Waals surface area contributed by atoms with Gasteiger partial charge in [0.25, 0.3) is 0 Å². The van der Waals surface area contributed by atoms with Crippen LogP contribution >= 0.6 is 0 Å². The summed E-state index contributed by atoms with van der Waals surface area (Å²) in [5.41, 5.74) is -0.487. The number of hydrogen-bond donors (Lipinski definition) is 3. The second-order valence-electron chi connectivity index (χ2n) is 7.04. The maximum absolute atomic E-state index is 12.0. The predicted molar refractivity (Wildman–Crippen MR) is 93.0 cm³/mol. The Kier molecular flexibility index (Phi) is 7.69. The van der Waals surface area contributed by atoms with E-state index in [0.717, 1.165) is 18.4 Å². The molecule has 0 heterocycles. The zero-order valence-electron chi connectivity index (χ0n) is 15.0. The summed E-state index contributed by atoms with van der Waals surface area (Å²) in [7, 11) is 0. The predicted octanol–water partition coefficient (Wildman–Crippen LogP) is 2.28. The van der Waals surface area contributed by atoms with E-state index in [0.29, 0.717) is 19.1 Å². The molecule has 0 radical (unpaired) electrons. The van der Waals surface area contributed by atoms with Gasteiger partial charge >= 0.3 is 0 Å².